The summed E-state index contributed by atoms with van der Waals surface area (Å²) in [5.41, 5.74) is 0. The minimum Gasteiger partial charge on any atom is -0.489 e. The lowest BCUT2D eigenvalue weighted by Crippen LogP contribution is -2.69. The van der Waals surface area contributed by atoms with Crippen molar-refractivity contribution in [2.24, 2.45) is 17.8 Å². The second-order valence-electron chi connectivity index (χ2n) is 10.6. The molecule has 0 amide bonds. The summed E-state index contributed by atoms with van der Waals surface area (Å²) in [6, 6.07) is 10.9. The van der Waals surface area contributed by atoms with Crippen LogP contribution in [0.25, 0.3) is 0 Å². The van der Waals surface area contributed by atoms with Crippen molar-refractivity contribution in [2.45, 2.75) is 37.5 Å². The van der Waals surface area contributed by atoms with E-state index in [-0.39, 0.29) is 24.0 Å². The van der Waals surface area contributed by atoms with E-state index in [2.05, 4.69) is 9.80 Å². The fraction of sp³-hybridized carbons (Fsp3) is 0.556. The van der Waals surface area contributed by atoms with Gasteiger partial charge in [-0.1, -0.05) is 11.6 Å². The van der Waals surface area contributed by atoms with Gasteiger partial charge in [-0.2, -0.15) is 0 Å². The van der Waals surface area contributed by atoms with Crippen molar-refractivity contribution in [2.75, 3.05) is 39.5 Å². The van der Waals surface area contributed by atoms with Crippen molar-refractivity contribution in [3.63, 3.8) is 0 Å². The fourth-order valence-corrected chi connectivity index (χ4v) is 7.29. The maximum atomic E-state index is 13.7. The van der Waals surface area contributed by atoms with Gasteiger partial charge < -0.3 is 18.9 Å². The van der Waals surface area contributed by atoms with E-state index in [9.17, 15) is 4.39 Å². The smallest absolute Gasteiger partial charge is 0.231 e. The van der Waals surface area contributed by atoms with Crippen LogP contribution in [0.4, 0.5) is 4.39 Å². The zero-order valence-corrected chi connectivity index (χ0v) is 20.3. The summed E-state index contributed by atoms with van der Waals surface area (Å²) in [6.07, 6.45) is 3.68. The lowest BCUT2D eigenvalue weighted by Gasteiger charge is -2.59. The third-order valence-electron chi connectivity index (χ3n) is 8.74. The number of benzene rings is 2. The molecule has 7 aliphatic heterocycles. The Morgan fingerprint density at radius 3 is 2.49 bits per heavy atom. The van der Waals surface area contributed by atoms with Crippen LogP contribution in [0.5, 0.6) is 23.0 Å². The van der Waals surface area contributed by atoms with Crippen LogP contribution in [-0.4, -0.2) is 67.6 Å². The van der Waals surface area contributed by atoms with Crippen LogP contribution >= 0.6 is 11.6 Å². The van der Waals surface area contributed by atoms with Gasteiger partial charge in [-0.3, -0.25) is 9.80 Å². The Labute approximate surface area is 209 Å². The molecule has 0 N–H and O–H groups in total. The monoisotopic (exact) mass is 500 g/mol. The summed E-state index contributed by atoms with van der Waals surface area (Å²) in [5.74, 6) is 4.06. The summed E-state index contributed by atoms with van der Waals surface area (Å²) < 4.78 is 38.0. The van der Waals surface area contributed by atoms with Gasteiger partial charge in [-0.15, -0.1) is 0 Å². The van der Waals surface area contributed by atoms with Gasteiger partial charge >= 0.3 is 0 Å². The first kappa shape index (κ1) is 22.0. The molecular weight excluding hydrogens is 471 g/mol. The van der Waals surface area contributed by atoms with Gasteiger partial charge in [0.05, 0.1) is 11.1 Å². The summed E-state index contributed by atoms with van der Waals surface area (Å²) in [6.45, 7) is 5.62. The molecule has 6 atom stereocenters. The van der Waals surface area contributed by atoms with Gasteiger partial charge in [0.15, 0.2) is 11.5 Å². The van der Waals surface area contributed by atoms with E-state index < -0.39 is 5.82 Å². The van der Waals surface area contributed by atoms with Crippen molar-refractivity contribution < 1.29 is 23.3 Å². The average Bonchev–Trinajstić information content (AvgIpc) is 3.35. The quantitative estimate of drug-likeness (QED) is 0.604. The van der Waals surface area contributed by atoms with E-state index in [1.807, 2.05) is 18.2 Å². The Balaban J connectivity index is 1.15. The van der Waals surface area contributed by atoms with E-state index >= 15 is 0 Å². The van der Waals surface area contributed by atoms with Crippen LogP contribution in [0.15, 0.2) is 36.4 Å². The van der Waals surface area contributed by atoms with Crippen molar-refractivity contribution in [1.29, 1.82) is 0 Å². The molecule has 2 aromatic rings. The summed E-state index contributed by atoms with van der Waals surface area (Å²) in [7, 11) is 0. The van der Waals surface area contributed by atoms with E-state index in [0.717, 1.165) is 56.4 Å². The highest BCUT2D eigenvalue weighted by atomic mass is 35.5. The third-order valence-corrected chi connectivity index (χ3v) is 9.03. The largest absolute Gasteiger partial charge is 0.489 e. The standard InChI is InChI=1S/C27H30ClFN2O4/c28-21-11-17(1-3-22(21)29)34-25-14-30-8-7-19(25)20(13-30)26-27(16-5-9-31(26)10-6-16)35-18-2-4-23-24(12-18)33-15-32-23/h1-4,11-12,16,19-20,25-27H,5-10,13-15H2/t19?,20?,25-,26?,27+/m0/s1. The highest BCUT2D eigenvalue weighted by Crippen LogP contribution is 2.46. The first-order valence-electron chi connectivity index (χ1n) is 12.8. The summed E-state index contributed by atoms with van der Waals surface area (Å²) in [4.78, 5) is 5.19. The number of ether oxygens (including phenoxy) is 4. The highest BCUT2D eigenvalue weighted by Gasteiger charge is 2.54. The van der Waals surface area contributed by atoms with E-state index in [1.54, 1.807) is 12.1 Å². The predicted octanol–water partition coefficient (Wildman–Crippen LogP) is 4.45. The predicted molar refractivity (Wildman–Crippen MR) is 129 cm³/mol. The van der Waals surface area contributed by atoms with Crippen LogP contribution in [0.3, 0.4) is 0 Å². The van der Waals surface area contributed by atoms with Gasteiger partial charge in [0.1, 0.15) is 29.5 Å². The lowest BCUT2D eigenvalue weighted by molar-refractivity contribution is -0.136. The Bertz CT molecular complexity index is 1110. The van der Waals surface area contributed by atoms with Crippen molar-refractivity contribution >= 4 is 11.6 Å². The molecule has 0 saturated carbocycles. The molecule has 0 radical (unpaired) electrons. The fourth-order valence-electron chi connectivity index (χ4n) is 7.12. The van der Waals surface area contributed by atoms with Crippen molar-refractivity contribution in [1.82, 2.24) is 9.80 Å². The number of rotatable bonds is 5. The Kier molecular flexibility index (Phi) is 5.48. The molecular formula is C27H30ClFN2O4. The molecule has 35 heavy (non-hydrogen) atoms. The lowest BCUT2D eigenvalue weighted by atomic mass is 9.67. The van der Waals surface area contributed by atoms with Crippen LogP contribution < -0.4 is 18.9 Å². The van der Waals surface area contributed by atoms with E-state index in [0.29, 0.717) is 29.5 Å². The van der Waals surface area contributed by atoms with Crippen LogP contribution in [0.2, 0.25) is 5.02 Å². The van der Waals surface area contributed by atoms with E-state index in [1.165, 1.54) is 18.9 Å². The second-order valence-corrected chi connectivity index (χ2v) is 11.0. The Hall–Kier alpha value is -2.22. The molecule has 7 heterocycles. The molecule has 2 aromatic carbocycles. The van der Waals surface area contributed by atoms with Gasteiger partial charge in [0, 0.05) is 31.1 Å². The van der Waals surface area contributed by atoms with Crippen LogP contribution in [-0.2, 0) is 0 Å². The molecule has 4 bridgehead atoms. The van der Waals surface area contributed by atoms with Crippen LogP contribution in [0.1, 0.15) is 19.3 Å². The Morgan fingerprint density at radius 2 is 1.66 bits per heavy atom. The summed E-state index contributed by atoms with van der Waals surface area (Å²) in [5, 5.41) is 0.105. The van der Waals surface area contributed by atoms with Gasteiger partial charge in [-0.05, 0) is 75.0 Å². The molecule has 186 valence electrons. The van der Waals surface area contributed by atoms with Crippen LogP contribution in [0, 0.1) is 23.6 Å². The molecule has 6 saturated heterocycles. The molecule has 8 heteroatoms. The maximum absolute atomic E-state index is 13.7. The molecule has 9 rings (SSSR count). The molecule has 7 aliphatic rings. The second kappa shape index (κ2) is 8.71. The number of hydrogen-bond donors (Lipinski definition) is 0. The molecule has 4 unspecified atom stereocenters. The minimum absolute atomic E-state index is 0.0666. The van der Waals surface area contributed by atoms with Crippen molar-refractivity contribution in [3.8, 4) is 23.0 Å². The zero-order chi connectivity index (χ0) is 23.5. The first-order valence-corrected chi connectivity index (χ1v) is 13.1. The zero-order valence-electron chi connectivity index (χ0n) is 19.6. The number of hydrogen-bond acceptors (Lipinski definition) is 6. The molecule has 0 aromatic heterocycles. The molecule has 6 fully saturated rings. The van der Waals surface area contributed by atoms with Gasteiger partial charge in [0.25, 0.3) is 0 Å². The van der Waals surface area contributed by atoms with E-state index in [4.69, 9.17) is 30.5 Å². The Morgan fingerprint density at radius 1 is 0.857 bits per heavy atom. The number of halogens is 2. The normalized spacial score (nSPS) is 36.9. The maximum Gasteiger partial charge on any atom is 0.231 e. The minimum atomic E-state index is -0.416. The number of nitrogens with zero attached hydrogens (tertiary/aromatic N) is 2. The van der Waals surface area contributed by atoms with Gasteiger partial charge in [-0.25, -0.2) is 4.39 Å². The molecule has 6 nitrogen and oxygen atoms in total. The third kappa shape index (κ3) is 3.92. The number of piperidine rings is 6. The molecule has 0 spiro atoms. The SMILES string of the molecule is Fc1ccc(O[C@H]2CN3CCC2C(C2[C@H](Oc4ccc5c(c4)OCO5)C4CCN2CC4)C3)cc1Cl. The van der Waals surface area contributed by atoms with Gasteiger partial charge in [0.2, 0.25) is 6.79 Å². The number of fused-ring (bicyclic) bond motifs is 8. The highest BCUT2D eigenvalue weighted by molar-refractivity contribution is 6.30. The topological polar surface area (TPSA) is 43.4 Å². The van der Waals surface area contributed by atoms with Crippen molar-refractivity contribution in [3.05, 3.63) is 47.2 Å². The first-order chi connectivity index (χ1) is 17.1. The summed E-state index contributed by atoms with van der Waals surface area (Å²) >= 11 is 6.03. The average molecular weight is 501 g/mol. The molecule has 0 aliphatic carbocycles.